The molecular weight excluding hydrogens is 240 g/mol. The van der Waals surface area contributed by atoms with Crippen molar-refractivity contribution in [1.29, 1.82) is 0 Å². The molecule has 0 atom stereocenters. The third-order valence-corrected chi connectivity index (χ3v) is 4.18. The van der Waals surface area contributed by atoms with Crippen LogP contribution in [0.15, 0.2) is 18.2 Å². The van der Waals surface area contributed by atoms with E-state index < -0.39 is 0 Å². The Balaban J connectivity index is 2.09. The van der Waals surface area contributed by atoms with Crippen LogP contribution >= 0.6 is 0 Å². The van der Waals surface area contributed by atoms with Gasteiger partial charge in [0.1, 0.15) is 0 Å². The van der Waals surface area contributed by atoms with E-state index in [1.807, 2.05) is 16.8 Å². The minimum Gasteiger partial charge on any atom is -0.399 e. The van der Waals surface area contributed by atoms with Crippen molar-refractivity contribution in [2.45, 2.75) is 38.1 Å². The van der Waals surface area contributed by atoms with Crippen LogP contribution in [0.4, 0.5) is 11.4 Å². The van der Waals surface area contributed by atoms with E-state index in [1.54, 1.807) is 6.07 Å². The van der Waals surface area contributed by atoms with Gasteiger partial charge in [-0.1, -0.05) is 6.92 Å². The second kappa shape index (κ2) is 4.22. The lowest BCUT2D eigenvalue weighted by atomic mass is 9.75. The van der Waals surface area contributed by atoms with Gasteiger partial charge in [-0.2, -0.15) is 0 Å². The van der Waals surface area contributed by atoms with Crippen molar-refractivity contribution >= 4 is 11.4 Å². The van der Waals surface area contributed by atoms with E-state index in [0.717, 1.165) is 30.7 Å². The molecule has 0 spiro atoms. The summed E-state index contributed by atoms with van der Waals surface area (Å²) < 4.78 is 1.94. The molecule has 1 heterocycles. The van der Waals surface area contributed by atoms with Crippen molar-refractivity contribution in [2.24, 2.45) is 0 Å². The standard InChI is InChI=1S/C13H18N6/c1-2-13(6-3-7-13)19-12(16-17-18-19)10-5-4-9(14)8-11(10)15/h4-5,8H,2-3,6-7,14-15H2,1H3. The summed E-state index contributed by atoms with van der Waals surface area (Å²) in [6.07, 6.45) is 4.50. The summed E-state index contributed by atoms with van der Waals surface area (Å²) in [6.45, 7) is 2.18. The lowest BCUT2D eigenvalue weighted by Crippen LogP contribution is -2.41. The van der Waals surface area contributed by atoms with Crippen LogP contribution in [0, 0.1) is 0 Å². The molecule has 1 aromatic carbocycles. The number of aromatic nitrogens is 4. The molecular formula is C13H18N6. The van der Waals surface area contributed by atoms with Crippen LogP contribution in [0.5, 0.6) is 0 Å². The van der Waals surface area contributed by atoms with E-state index in [4.69, 9.17) is 11.5 Å². The van der Waals surface area contributed by atoms with Crippen LogP contribution in [0.25, 0.3) is 11.4 Å². The van der Waals surface area contributed by atoms with Crippen LogP contribution in [0.2, 0.25) is 0 Å². The Bertz CT molecular complexity index is 593. The van der Waals surface area contributed by atoms with Crippen molar-refractivity contribution < 1.29 is 0 Å². The maximum Gasteiger partial charge on any atom is 0.184 e. The molecule has 0 bridgehead atoms. The molecule has 4 N–H and O–H groups in total. The fraction of sp³-hybridized carbons (Fsp3) is 0.462. The number of nitrogens with two attached hydrogens (primary N) is 2. The van der Waals surface area contributed by atoms with Crippen LogP contribution in [-0.4, -0.2) is 20.2 Å². The van der Waals surface area contributed by atoms with Gasteiger partial charge in [-0.05, 0) is 54.3 Å². The highest BCUT2D eigenvalue weighted by Crippen LogP contribution is 2.43. The first-order chi connectivity index (χ1) is 9.16. The summed E-state index contributed by atoms with van der Waals surface area (Å²) in [5.74, 6) is 0.735. The minimum atomic E-state index is 0.0622. The summed E-state index contributed by atoms with van der Waals surface area (Å²) in [5, 5.41) is 12.2. The fourth-order valence-corrected chi connectivity index (χ4v) is 2.76. The zero-order valence-corrected chi connectivity index (χ0v) is 11.0. The number of tetrazole rings is 1. The lowest BCUT2D eigenvalue weighted by molar-refractivity contribution is 0.118. The molecule has 6 heteroatoms. The van der Waals surface area contributed by atoms with Gasteiger partial charge in [0.25, 0.3) is 0 Å². The molecule has 100 valence electrons. The predicted octanol–water partition coefficient (Wildman–Crippen LogP) is 1.79. The molecule has 1 aliphatic carbocycles. The number of anilines is 2. The molecule has 1 fully saturated rings. The summed E-state index contributed by atoms with van der Waals surface area (Å²) in [4.78, 5) is 0. The Hall–Kier alpha value is -2.11. The summed E-state index contributed by atoms with van der Waals surface area (Å²) in [7, 11) is 0. The topological polar surface area (TPSA) is 95.6 Å². The average molecular weight is 258 g/mol. The first-order valence-electron chi connectivity index (χ1n) is 6.60. The number of hydrogen-bond acceptors (Lipinski definition) is 5. The normalized spacial score (nSPS) is 17.1. The van der Waals surface area contributed by atoms with E-state index in [1.165, 1.54) is 6.42 Å². The Labute approximate surface area is 111 Å². The minimum absolute atomic E-state index is 0.0622. The van der Waals surface area contributed by atoms with Crippen LogP contribution < -0.4 is 11.5 Å². The first kappa shape index (κ1) is 12.0. The largest absolute Gasteiger partial charge is 0.399 e. The second-order valence-corrected chi connectivity index (χ2v) is 5.19. The molecule has 2 aromatic rings. The smallest absolute Gasteiger partial charge is 0.184 e. The molecule has 0 aliphatic heterocycles. The number of hydrogen-bond donors (Lipinski definition) is 2. The number of nitrogens with zero attached hydrogens (tertiary/aromatic N) is 4. The van der Waals surface area contributed by atoms with Crippen molar-refractivity contribution in [2.75, 3.05) is 11.5 Å². The molecule has 0 unspecified atom stereocenters. The van der Waals surface area contributed by atoms with Gasteiger partial charge in [0, 0.05) is 16.9 Å². The van der Waals surface area contributed by atoms with Crippen molar-refractivity contribution in [3.8, 4) is 11.4 Å². The summed E-state index contributed by atoms with van der Waals surface area (Å²) >= 11 is 0. The zero-order chi connectivity index (χ0) is 13.5. The molecule has 6 nitrogen and oxygen atoms in total. The number of rotatable bonds is 3. The maximum atomic E-state index is 6.04. The molecule has 0 amide bonds. The molecule has 0 saturated heterocycles. The Kier molecular flexibility index (Phi) is 2.66. The van der Waals surface area contributed by atoms with Crippen LogP contribution in [0.3, 0.4) is 0 Å². The Morgan fingerprint density at radius 3 is 2.68 bits per heavy atom. The molecule has 19 heavy (non-hydrogen) atoms. The van der Waals surface area contributed by atoms with Gasteiger partial charge < -0.3 is 11.5 Å². The van der Waals surface area contributed by atoms with Crippen molar-refractivity contribution in [3.63, 3.8) is 0 Å². The SMILES string of the molecule is CCC1(n2nnnc2-c2ccc(N)cc2N)CCC1. The van der Waals surface area contributed by atoms with E-state index in [9.17, 15) is 0 Å². The van der Waals surface area contributed by atoms with Crippen LogP contribution in [-0.2, 0) is 5.54 Å². The highest BCUT2D eigenvalue weighted by Gasteiger charge is 2.40. The molecule has 1 saturated carbocycles. The van der Waals surface area contributed by atoms with E-state index in [0.29, 0.717) is 11.4 Å². The molecule has 3 rings (SSSR count). The van der Waals surface area contributed by atoms with Gasteiger partial charge in [0.2, 0.25) is 0 Å². The summed E-state index contributed by atoms with van der Waals surface area (Å²) in [6, 6.07) is 5.45. The monoisotopic (exact) mass is 258 g/mol. The van der Waals surface area contributed by atoms with Crippen molar-refractivity contribution in [1.82, 2.24) is 20.2 Å². The maximum absolute atomic E-state index is 6.04. The second-order valence-electron chi connectivity index (χ2n) is 5.19. The highest BCUT2D eigenvalue weighted by molar-refractivity contribution is 5.74. The molecule has 1 aromatic heterocycles. The fourth-order valence-electron chi connectivity index (χ4n) is 2.76. The average Bonchev–Trinajstić information content (AvgIpc) is 2.78. The quantitative estimate of drug-likeness (QED) is 0.818. The zero-order valence-electron chi connectivity index (χ0n) is 11.0. The van der Waals surface area contributed by atoms with Crippen LogP contribution in [0.1, 0.15) is 32.6 Å². The Morgan fingerprint density at radius 1 is 1.32 bits per heavy atom. The van der Waals surface area contributed by atoms with E-state index in [2.05, 4.69) is 22.4 Å². The Morgan fingerprint density at radius 2 is 2.11 bits per heavy atom. The summed E-state index contributed by atoms with van der Waals surface area (Å²) in [5.41, 5.74) is 13.9. The third-order valence-electron chi connectivity index (χ3n) is 4.18. The number of benzene rings is 1. The van der Waals surface area contributed by atoms with Gasteiger partial charge in [-0.25, -0.2) is 4.68 Å². The van der Waals surface area contributed by atoms with Gasteiger partial charge in [-0.3, -0.25) is 0 Å². The molecule has 0 radical (unpaired) electrons. The highest BCUT2D eigenvalue weighted by atomic mass is 15.6. The molecule has 1 aliphatic rings. The van der Waals surface area contributed by atoms with Gasteiger partial charge in [0.15, 0.2) is 5.82 Å². The predicted molar refractivity (Wildman–Crippen MR) is 74.2 cm³/mol. The number of nitrogen functional groups attached to an aromatic ring is 2. The van der Waals surface area contributed by atoms with Crippen molar-refractivity contribution in [3.05, 3.63) is 18.2 Å². The van der Waals surface area contributed by atoms with E-state index in [-0.39, 0.29) is 5.54 Å². The van der Waals surface area contributed by atoms with E-state index >= 15 is 0 Å². The third kappa shape index (κ3) is 1.75. The van der Waals surface area contributed by atoms with Gasteiger partial charge in [-0.15, -0.1) is 5.10 Å². The van der Waals surface area contributed by atoms with Gasteiger partial charge in [0.05, 0.1) is 5.54 Å². The van der Waals surface area contributed by atoms with Gasteiger partial charge >= 0.3 is 0 Å². The first-order valence-corrected chi connectivity index (χ1v) is 6.60. The lowest BCUT2D eigenvalue weighted by Gasteiger charge is -2.41.